The maximum Gasteiger partial charge on any atom is 0.238 e. The van der Waals surface area contributed by atoms with Crippen LogP contribution in [-0.4, -0.2) is 11.7 Å². The number of rotatable bonds is 7. The molecule has 1 aromatic carbocycles. The van der Waals surface area contributed by atoms with Crippen LogP contribution in [0.2, 0.25) is 0 Å². The number of nitrogens with two attached hydrogens (primary N) is 1. The average Bonchev–Trinajstić information content (AvgIpc) is 2.40. The Labute approximate surface area is 113 Å². The van der Waals surface area contributed by atoms with Crippen molar-refractivity contribution >= 4 is 17.7 Å². The first-order chi connectivity index (χ1) is 8.67. The van der Waals surface area contributed by atoms with Crippen molar-refractivity contribution in [2.24, 2.45) is 11.8 Å². The van der Waals surface area contributed by atoms with Crippen molar-refractivity contribution in [3.63, 3.8) is 0 Å². The Morgan fingerprint density at radius 3 is 2.67 bits per heavy atom. The van der Waals surface area contributed by atoms with Crippen molar-refractivity contribution in [3.8, 4) is 0 Å². The Morgan fingerprint density at radius 2 is 2.06 bits per heavy atom. The number of benzene rings is 1. The van der Waals surface area contributed by atoms with Gasteiger partial charge in [0, 0.05) is 5.75 Å². The Balaban J connectivity index is 2.56. The van der Waals surface area contributed by atoms with Gasteiger partial charge in [-0.15, -0.1) is 0 Å². The molecule has 0 spiro atoms. The van der Waals surface area contributed by atoms with Gasteiger partial charge in [0.1, 0.15) is 0 Å². The molecule has 0 aliphatic carbocycles. The quantitative estimate of drug-likeness (QED) is 0.453. The summed E-state index contributed by atoms with van der Waals surface area (Å²) in [6, 6.07) is 8.06. The Morgan fingerprint density at radius 1 is 1.39 bits per heavy atom. The van der Waals surface area contributed by atoms with Gasteiger partial charge in [-0.25, -0.2) is 5.84 Å². The van der Waals surface area contributed by atoms with Crippen molar-refractivity contribution in [1.82, 2.24) is 5.43 Å². The first-order valence-electron chi connectivity index (χ1n) is 6.31. The molecule has 0 aliphatic heterocycles. The van der Waals surface area contributed by atoms with Crippen LogP contribution in [0.25, 0.3) is 0 Å². The molecule has 0 heterocycles. The number of amides is 1. The molecule has 3 N–H and O–H groups in total. The maximum atomic E-state index is 11.3. The summed E-state index contributed by atoms with van der Waals surface area (Å²) in [5.41, 5.74) is 4.48. The Bertz CT molecular complexity index is 382. The molecular formula is C14H22N2OS. The van der Waals surface area contributed by atoms with Gasteiger partial charge in [-0.1, -0.05) is 44.5 Å². The highest BCUT2D eigenvalue weighted by atomic mass is 32.2. The van der Waals surface area contributed by atoms with Gasteiger partial charge in [0.05, 0.1) is 6.42 Å². The maximum absolute atomic E-state index is 11.3. The summed E-state index contributed by atoms with van der Waals surface area (Å²) < 4.78 is 0. The second-order valence-corrected chi connectivity index (χ2v) is 5.57. The van der Waals surface area contributed by atoms with Crippen LogP contribution in [0.4, 0.5) is 0 Å². The number of nitrogens with one attached hydrogen (secondary N) is 1. The molecule has 1 amide bonds. The highest BCUT2D eigenvalue weighted by Crippen LogP contribution is 2.20. The van der Waals surface area contributed by atoms with E-state index >= 15 is 0 Å². The highest BCUT2D eigenvalue weighted by Gasteiger charge is 2.07. The van der Waals surface area contributed by atoms with Gasteiger partial charge in [-0.3, -0.25) is 10.2 Å². The molecule has 0 radical (unpaired) electrons. The van der Waals surface area contributed by atoms with Crippen LogP contribution >= 0.6 is 11.8 Å². The van der Waals surface area contributed by atoms with Crippen LogP contribution in [0.3, 0.4) is 0 Å². The number of carbonyl (C=O) groups excluding carboxylic acids is 1. The zero-order valence-corrected chi connectivity index (χ0v) is 11.9. The minimum absolute atomic E-state index is 0.144. The summed E-state index contributed by atoms with van der Waals surface area (Å²) in [5.74, 6) is 7.84. The lowest BCUT2D eigenvalue weighted by atomic mass is 10.1. The fraction of sp³-hybridized carbons (Fsp3) is 0.500. The van der Waals surface area contributed by atoms with Gasteiger partial charge in [-0.2, -0.15) is 11.8 Å². The molecule has 3 nitrogen and oxygen atoms in total. The SMILES string of the molecule is CCC(C)CSCc1ccccc1CC(=O)NN. The van der Waals surface area contributed by atoms with E-state index < -0.39 is 0 Å². The van der Waals surface area contributed by atoms with Crippen LogP contribution in [0.5, 0.6) is 0 Å². The van der Waals surface area contributed by atoms with E-state index in [4.69, 9.17) is 5.84 Å². The van der Waals surface area contributed by atoms with Crippen molar-refractivity contribution < 1.29 is 4.79 Å². The first-order valence-corrected chi connectivity index (χ1v) is 7.46. The fourth-order valence-electron chi connectivity index (χ4n) is 1.58. The number of hydrazine groups is 1. The standard InChI is InChI=1S/C14H22N2OS/c1-3-11(2)9-18-10-13-7-5-4-6-12(13)8-14(17)16-15/h4-7,11H,3,8-10,15H2,1-2H3,(H,16,17). The third-order valence-electron chi connectivity index (χ3n) is 2.99. The fourth-order valence-corrected chi connectivity index (χ4v) is 2.84. The molecule has 1 unspecified atom stereocenters. The van der Waals surface area contributed by atoms with E-state index in [9.17, 15) is 4.79 Å². The van der Waals surface area contributed by atoms with Crippen LogP contribution in [0, 0.1) is 5.92 Å². The van der Waals surface area contributed by atoms with E-state index in [-0.39, 0.29) is 5.91 Å². The van der Waals surface area contributed by atoms with Crippen LogP contribution in [-0.2, 0) is 17.0 Å². The Kier molecular flexibility index (Phi) is 6.83. The van der Waals surface area contributed by atoms with E-state index in [1.165, 1.54) is 12.0 Å². The lowest BCUT2D eigenvalue weighted by Crippen LogP contribution is -2.31. The molecule has 0 aliphatic rings. The molecule has 1 aromatic rings. The van der Waals surface area contributed by atoms with Crippen molar-refractivity contribution in [1.29, 1.82) is 0 Å². The van der Waals surface area contributed by atoms with Gasteiger partial charge in [0.2, 0.25) is 5.91 Å². The number of carbonyl (C=O) groups is 1. The van der Waals surface area contributed by atoms with Gasteiger partial charge in [0.15, 0.2) is 0 Å². The molecule has 0 aromatic heterocycles. The number of hydrogen-bond acceptors (Lipinski definition) is 3. The van der Waals surface area contributed by atoms with Gasteiger partial charge in [-0.05, 0) is 22.8 Å². The van der Waals surface area contributed by atoms with Crippen molar-refractivity contribution in [3.05, 3.63) is 35.4 Å². The predicted molar refractivity (Wildman–Crippen MR) is 78.1 cm³/mol. The number of hydrogen-bond donors (Lipinski definition) is 2. The van der Waals surface area contributed by atoms with Crippen LogP contribution < -0.4 is 11.3 Å². The summed E-state index contributed by atoms with van der Waals surface area (Å²) in [6.07, 6.45) is 1.57. The zero-order valence-electron chi connectivity index (χ0n) is 11.1. The highest BCUT2D eigenvalue weighted by molar-refractivity contribution is 7.98. The molecule has 1 atom stereocenters. The summed E-state index contributed by atoms with van der Waals surface area (Å²) in [4.78, 5) is 11.3. The normalized spacial score (nSPS) is 12.2. The minimum atomic E-state index is -0.144. The molecule has 0 fully saturated rings. The second kappa shape index (κ2) is 8.16. The zero-order chi connectivity index (χ0) is 13.4. The summed E-state index contributed by atoms with van der Waals surface area (Å²) in [5, 5.41) is 0. The van der Waals surface area contributed by atoms with E-state index in [1.807, 2.05) is 30.0 Å². The van der Waals surface area contributed by atoms with E-state index in [0.717, 1.165) is 23.0 Å². The second-order valence-electron chi connectivity index (χ2n) is 4.54. The molecular weight excluding hydrogens is 244 g/mol. The molecule has 18 heavy (non-hydrogen) atoms. The van der Waals surface area contributed by atoms with E-state index in [2.05, 4.69) is 25.3 Å². The third kappa shape index (κ3) is 5.10. The van der Waals surface area contributed by atoms with Crippen molar-refractivity contribution in [2.45, 2.75) is 32.4 Å². The molecule has 0 bridgehead atoms. The van der Waals surface area contributed by atoms with E-state index in [0.29, 0.717) is 6.42 Å². The molecule has 0 saturated carbocycles. The topological polar surface area (TPSA) is 55.1 Å². The summed E-state index contributed by atoms with van der Waals surface area (Å²) >= 11 is 1.92. The monoisotopic (exact) mass is 266 g/mol. The van der Waals surface area contributed by atoms with Gasteiger partial charge < -0.3 is 0 Å². The summed E-state index contributed by atoms with van der Waals surface area (Å²) in [6.45, 7) is 4.48. The Hall–Kier alpha value is -1.00. The van der Waals surface area contributed by atoms with Gasteiger partial charge >= 0.3 is 0 Å². The lowest BCUT2D eigenvalue weighted by Gasteiger charge is -2.11. The minimum Gasteiger partial charge on any atom is -0.294 e. The first kappa shape index (κ1) is 15.1. The third-order valence-corrected chi connectivity index (χ3v) is 4.31. The van der Waals surface area contributed by atoms with Crippen LogP contribution in [0.15, 0.2) is 24.3 Å². The molecule has 4 heteroatoms. The van der Waals surface area contributed by atoms with E-state index in [1.54, 1.807) is 0 Å². The van der Waals surface area contributed by atoms with Crippen molar-refractivity contribution in [2.75, 3.05) is 5.75 Å². The molecule has 100 valence electrons. The lowest BCUT2D eigenvalue weighted by molar-refractivity contribution is -0.120. The molecule has 0 saturated heterocycles. The average molecular weight is 266 g/mol. The van der Waals surface area contributed by atoms with Gasteiger partial charge in [0.25, 0.3) is 0 Å². The smallest absolute Gasteiger partial charge is 0.238 e. The number of thioether (sulfide) groups is 1. The van der Waals surface area contributed by atoms with Crippen LogP contribution in [0.1, 0.15) is 31.4 Å². The largest absolute Gasteiger partial charge is 0.294 e. The predicted octanol–water partition coefficient (Wildman–Crippen LogP) is 2.50. The molecule has 1 rings (SSSR count). The summed E-state index contributed by atoms with van der Waals surface area (Å²) in [7, 11) is 0.